The van der Waals surface area contributed by atoms with E-state index in [1.807, 2.05) is 25.4 Å². The van der Waals surface area contributed by atoms with E-state index >= 15 is 0 Å². The molecule has 3 rings (SSSR count). The Balaban J connectivity index is 1.87. The Bertz CT molecular complexity index is 649. The minimum atomic E-state index is -0.225. The molecule has 5 heteroatoms. The van der Waals surface area contributed by atoms with E-state index in [-0.39, 0.29) is 11.7 Å². The van der Waals surface area contributed by atoms with Crippen molar-refractivity contribution in [3.63, 3.8) is 0 Å². The molecule has 0 saturated heterocycles. The molecule has 0 aliphatic carbocycles. The Hall–Kier alpha value is -2.01. The fourth-order valence-corrected chi connectivity index (χ4v) is 2.69. The highest BCUT2D eigenvalue weighted by molar-refractivity contribution is 5.50. The zero-order valence-corrected chi connectivity index (χ0v) is 12.7. The average molecular weight is 287 g/mol. The molecular formula is C16H21N3O2. The van der Waals surface area contributed by atoms with Crippen LogP contribution in [0.15, 0.2) is 30.6 Å². The number of nitrogens with zero attached hydrogens (tertiary/aromatic N) is 2. The Kier molecular flexibility index (Phi) is 3.37. The van der Waals surface area contributed by atoms with Gasteiger partial charge in [-0.1, -0.05) is 12.1 Å². The number of hydrogen-bond donors (Lipinski definition) is 1. The third-order valence-corrected chi connectivity index (χ3v) is 3.63. The Morgan fingerprint density at radius 2 is 2.29 bits per heavy atom. The highest BCUT2D eigenvalue weighted by Gasteiger charge is 2.32. The minimum Gasteiger partial charge on any atom is -0.483 e. The molecule has 2 heterocycles. The van der Waals surface area contributed by atoms with Gasteiger partial charge in [0.15, 0.2) is 11.5 Å². The van der Waals surface area contributed by atoms with Crippen LogP contribution in [0.4, 0.5) is 0 Å². The molecule has 1 atom stereocenters. The van der Waals surface area contributed by atoms with Gasteiger partial charge in [-0.3, -0.25) is 4.68 Å². The van der Waals surface area contributed by atoms with Crippen LogP contribution in [-0.4, -0.2) is 21.9 Å². The van der Waals surface area contributed by atoms with Crippen LogP contribution >= 0.6 is 0 Å². The summed E-state index contributed by atoms with van der Waals surface area (Å²) in [6.45, 7) is 4.55. The standard InChI is InChI=1S/C16H21N3O2/c1-16(2)7-11-5-4-6-13(15(11)21-16)20-14(8-17)12-9-18-19(3)10-12/h4-6,9-10,14H,7-8,17H2,1-3H3. The number of ether oxygens (including phenoxy) is 2. The molecule has 0 saturated carbocycles. The fourth-order valence-electron chi connectivity index (χ4n) is 2.69. The van der Waals surface area contributed by atoms with E-state index in [0.717, 1.165) is 23.5 Å². The van der Waals surface area contributed by atoms with E-state index in [0.29, 0.717) is 6.54 Å². The van der Waals surface area contributed by atoms with E-state index in [1.165, 1.54) is 5.56 Å². The molecule has 1 aromatic carbocycles. The van der Waals surface area contributed by atoms with Crippen molar-refractivity contribution in [1.82, 2.24) is 9.78 Å². The van der Waals surface area contributed by atoms with Crippen molar-refractivity contribution in [3.05, 3.63) is 41.7 Å². The summed E-state index contributed by atoms with van der Waals surface area (Å²) >= 11 is 0. The summed E-state index contributed by atoms with van der Waals surface area (Å²) in [6.07, 6.45) is 4.37. The van der Waals surface area contributed by atoms with Gasteiger partial charge in [-0.2, -0.15) is 5.10 Å². The number of hydrogen-bond acceptors (Lipinski definition) is 4. The van der Waals surface area contributed by atoms with Crippen molar-refractivity contribution < 1.29 is 9.47 Å². The highest BCUT2D eigenvalue weighted by Crippen LogP contribution is 2.42. The van der Waals surface area contributed by atoms with Gasteiger partial charge in [0, 0.05) is 37.3 Å². The van der Waals surface area contributed by atoms with Crippen LogP contribution in [0, 0.1) is 0 Å². The summed E-state index contributed by atoms with van der Waals surface area (Å²) in [5.41, 5.74) is 7.82. The van der Waals surface area contributed by atoms with Crippen molar-refractivity contribution in [1.29, 1.82) is 0 Å². The number of aromatic nitrogens is 2. The molecule has 0 amide bonds. The number of nitrogens with two attached hydrogens (primary N) is 1. The van der Waals surface area contributed by atoms with Crippen LogP contribution in [0.3, 0.4) is 0 Å². The Morgan fingerprint density at radius 3 is 2.95 bits per heavy atom. The predicted molar refractivity (Wildman–Crippen MR) is 80.5 cm³/mol. The number of rotatable bonds is 4. The van der Waals surface area contributed by atoms with E-state index in [9.17, 15) is 0 Å². The maximum Gasteiger partial charge on any atom is 0.165 e. The third-order valence-electron chi connectivity index (χ3n) is 3.63. The molecular weight excluding hydrogens is 266 g/mol. The third kappa shape index (κ3) is 2.74. The summed E-state index contributed by atoms with van der Waals surface area (Å²) in [6, 6.07) is 6.01. The SMILES string of the molecule is Cn1cc(C(CN)Oc2cccc3c2OC(C)(C)C3)cn1. The molecule has 2 aromatic rings. The second-order valence-electron chi connectivity index (χ2n) is 6.07. The molecule has 1 aliphatic rings. The van der Waals surface area contributed by atoms with Gasteiger partial charge in [-0.25, -0.2) is 0 Å². The molecule has 112 valence electrons. The zero-order valence-electron chi connectivity index (χ0n) is 12.7. The molecule has 1 unspecified atom stereocenters. The van der Waals surface area contributed by atoms with Crippen molar-refractivity contribution in [3.8, 4) is 11.5 Å². The van der Waals surface area contributed by atoms with Crippen LogP contribution < -0.4 is 15.2 Å². The van der Waals surface area contributed by atoms with Gasteiger partial charge in [0.1, 0.15) is 11.7 Å². The average Bonchev–Trinajstić information content (AvgIpc) is 2.98. The second-order valence-corrected chi connectivity index (χ2v) is 6.07. The molecule has 21 heavy (non-hydrogen) atoms. The lowest BCUT2D eigenvalue weighted by Crippen LogP contribution is -2.25. The van der Waals surface area contributed by atoms with Crippen LogP contribution in [0.1, 0.15) is 31.1 Å². The van der Waals surface area contributed by atoms with Crippen LogP contribution in [0.5, 0.6) is 11.5 Å². The summed E-state index contributed by atoms with van der Waals surface area (Å²) in [5.74, 6) is 1.59. The van der Waals surface area contributed by atoms with Gasteiger partial charge in [-0.15, -0.1) is 0 Å². The molecule has 2 N–H and O–H groups in total. The van der Waals surface area contributed by atoms with E-state index in [2.05, 4.69) is 25.0 Å². The summed E-state index contributed by atoms with van der Waals surface area (Å²) in [4.78, 5) is 0. The fraction of sp³-hybridized carbons (Fsp3) is 0.438. The Morgan fingerprint density at radius 1 is 1.48 bits per heavy atom. The number of aryl methyl sites for hydroxylation is 1. The molecule has 0 bridgehead atoms. The lowest BCUT2D eigenvalue weighted by molar-refractivity contribution is 0.126. The first-order valence-corrected chi connectivity index (χ1v) is 7.15. The van der Waals surface area contributed by atoms with Crippen LogP contribution in [-0.2, 0) is 13.5 Å². The largest absolute Gasteiger partial charge is 0.483 e. The topological polar surface area (TPSA) is 62.3 Å². The molecule has 5 nitrogen and oxygen atoms in total. The smallest absolute Gasteiger partial charge is 0.165 e. The van der Waals surface area contributed by atoms with E-state index < -0.39 is 0 Å². The van der Waals surface area contributed by atoms with Gasteiger partial charge in [0.2, 0.25) is 0 Å². The molecule has 0 radical (unpaired) electrons. The zero-order chi connectivity index (χ0) is 15.0. The second kappa shape index (κ2) is 5.07. The maximum absolute atomic E-state index is 6.10. The Labute approximate surface area is 124 Å². The molecule has 1 aliphatic heterocycles. The quantitative estimate of drug-likeness (QED) is 0.936. The molecule has 0 spiro atoms. The van der Waals surface area contributed by atoms with Gasteiger partial charge in [0.05, 0.1) is 6.20 Å². The molecule has 0 fully saturated rings. The normalized spacial score (nSPS) is 17.1. The van der Waals surface area contributed by atoms with Crippen molar-refractivity contribution in [2.45, 2.75) is 32.0 Å². The van der Waals surface area contributed by atoms with Crippen LogP contribution in [0.25, 0.3) is 0 Å². The van der Waals surface area contributed by atoms with Gasteiger partial charge in [0.25, 0.3) is 0 Å². The first-order valence-electron chi connectivity index (χ1n) is 7.15. The maximum atomic E-state index is 6.10. The van der Waals surface area contributed by atoms with Gasteiger partial charge >= 0.3 is 0 Å². The summed E-state index contributed by atoms with van der Waals surface area (Å²) in [7, 11) is 1.88. The van der Waals surface area contributed by atoms with E-state index in [4.69, 9.17) is 15.2 Å². The van der Waals surface area contributed by atoms with Crippen molar-refractivity contribution in [2.24, 2.45) is 12.8 Å². The molecule has 1 aromatic heterocycles. The van der Waals surface area contributed by atoms with Crippen LogP contribution in [0.2, 0.25) is 0 Å². The van der Waals surface area contributed by atoms with Gasteiger partial charge < -0.3 is 15.2 Å². The number of para-hydroxylation sites is 1. The van der Waals surface area contributed by atoms with E-state index in [1.54, 1.807) is 10.9 Å². The predicted octanol–water partition coefficient (Wildman–Crippen LogP) is 2.21. The first kappa shape index (κ1) is 13.9. The van der Waals surface area contributed by atoms with Crippen molar-refractivity contribution in [2.75, 3.05) is 6.54 Å². The highest BCUT2D eigenvalue weighted by atomic mass is 16.5. The summed E-state index contributed by atoms with van der Waals surface area (Å²) < 4.78 is 13.9. The monoisotopic (exact) mass is 287 g/mol. The lowest BCUT2D eigenvalue weighted by atomic mass is 10.0. The first-order chi connectivity index (χ1) is 9.98. The van der Waals surface area contributed by atoms with Crippen molar-refractivity contribution >= 4 is 0 Å². The number of fused-ring (bicyclic) bond motifs is 1. The minimum absolute atomic E-state index is 0.186. The number of benzene rings is 1. The lowest BCUT2D eigenvalue weighted by Gasteiger charge is -2.20. The van der Waals surface area contributed by atoms with Gasteiger partial charge in [-0.05, 0) is 19.9 Å². The summed E-state index contributed by atoms with van der Waals surface area (Å²) in [5, 5.41) is 4.17.